The molecule has 0 fully saturated rings. The summed E-state index contributed by atoms with van der Waals surface area (Å²) < 4.78 is 22.1. The molecule has 0 amide bonds. The Balaban J connectivity index is 1.71. The lowest BCUT2D eigenvalue weighted by Gasteiger charge is -2.27. The van der Waals surface area contributed by atoms with E-state index in [9.17, 15) is 24.6 Å². The number of pyridine rings is 1. The maximum absolute atomic E-state index is 14.4. The summed E-state index contributed by atoms with van der Waals surface area (Å²) in [7, 11) is 0. The number of non-ortho nitro benzene ring substituents is 1. The normalized spacial score (nSPS) is 16.4. The molecule has 0 radical (unpaired) electrons. The van der Waals surface area contributed by atoms with E-state index >= 15 is 0 Å². The van der Waals surface area contributed by atoms with E-state index in [0.717, 1.165) is 5.56 Å². The monoisotopic (exact) mass is 497 g/mol. The van der Waals surface area contributed by atoms with Crippen LogP contribution in [0.5, 0.6) is 11.6 Å². The van der Waals surface area contributed by atoms with E-state index in [1.807, 2.05) is 30.3 Å². The molecule has 1 aliphatic rings. The lowest BCUT2D eigenvalue weighted by molar-refractivity contribution is -0.389. The molecule has 3 heterocycles. The fraction of sp³-hybridized carbons (Fsp3) is 0.0769. The van der Waals surface area contributed by atoms with Crippen LogP contribution in [0.3, 0.4) is 0 Å². The average molecular weight is 497 g/mol. The van der Waals surface area contributed by atoms with E-state index in [2.05, 4.69) is 9.97 Å². The van der Waals surface area contributed by atoms with Gasteiger partial charge in [0.1, 0.15) is 17.8 Å². The van der Waals surface area contributed by atoms with Crippen LogP contribution in [0.4, 0.5) is 15.9 Å². The Morgan fingerprint density at radius 1 is 0.919 bits per heavy atom. The molecule has 2 aromatic heterocycles. The quantitative estimate of drug-likeness (QED) is 0.223. The van der Waals surface area contributed by atoms with Crippen molar-refractivity contribution in [3.63, 3.8) is 0 Å². The molecule has 2 atom stereocenters. The Morgan fingerprint density at radius 3 is 2.46 bits per heavy atom. The second-order valence-electron chi connectivity index (χ2n) is 8.54. The van der Waals surface area contributed by atoms with Crippen LogP contribution in [0.2, 0.25) is 0 Å². The van der Waals surface area contributed by atoms with E-state index in [0.29, 0.717) is 22.0 Å². The molecule has 11 heteroatoms. The zero-order chi connectivity index (χ0) is 25.7. The van der Waals surface area contributed by atoms with Crippen LogP contribution in [0, 0.1) is 26.0 Å². The molecule has 0 bridgehead atoms. The minimum Gasteiger partial charge on any atom is -0.438 e. The lowest BCUT2D eigenvalue weighted by atomic mass is 9.82. The SMILES string of the molecule is O=[N+]([O-])c1cn(C2c3ccc(F)cc3Oc3nc4cccc([N+](=O)[O-])c4cc3C2c2ccccc2)cn1. The zero-order valence-corrected chi connectivity index (χ0v) is 18.9. The molecule has 1 aliphatic heterocycles. The number of aromatic nitrogens is 3. The van der Waals surface area contributed by atoms with Gasteiger partial charge in [0.15, 0.2) is 0 Å². The Hall–Kier alpha value is -5.19. The second kappa shape index (κ2) is 8.48. The number of hydrogen-bond acceptors (Lipinski definition) is 7. The minimum absolute atomic E-state index is 0.123. The van der Waals surface area contributed by atoms with Gasteiger partial charge in [0.2, 0.25) is 12.2 Å². The van der Waals surface area contributed by atoms with Gasteiger partial charge >= 0.3 is 5.82 Å². The maximum atomic E-state index is 14.4. The van der Waals surface area contributed by atoms with Gasteiger partial charge in [-0.15, -0.1) is 0 Å². The summed E-state index contributed by atoms with van der Waals surface area (Å²) in [5.41, 5.74) is 2.06. The van der Waals surface area contributed by atoms with Gasteiger partial charge in [-0.2, -0.15) is 0 Å². The first-order valence-electron chi connectivity index (χ1n) is 11.2. The first kappa shape index (κ1) is 22.3. The summed E-state index contributed by atoms with van der Waals surface area (Å²) in [6.07, 6.45) is 2.64. The molecular formula is C26H16FN5O5. The maximum Gasteiger partial charge on any atom is 0.381 e. The third-order valence-corrected chi connectivity index (χ3v) is 6.43. The summed E-state index contributed by atoms with van der Waals surface area (Å²) in [5, 5.41) is 23.5. The Morgan fingerprint density at radius 2 is 1.73 bits per heavy atom. The van der Waals surface area contributed by atoms with Crippen molar-refractivity contribution in [1.29, 1.82) is 0 Å². The standard InChI is InChI=1S/C26H16FN5O5/c27-16-9-10-17-22(11-16)37-26-19(12-18-20(29-26)7-4-8-21(18)31(33)34)24(15-5-2-1-3-6-15)25(17)30-13-23(28-14-30)32(35)36/h1-14,24-25H. The van der Waals surface area contributed by atoms with E-state index in [1.165, 1.54) is 36.8 Å². The average Bonchev–Trinajstić information content (AvgIpc) is 3.33. The van der Waals surface area contributed by atoms with Crippen molar-refractivity contribution in [2.75, 3.05) is 0 Å². The van der Waals surface area contributed by atoms with Crippen LogP contribution in [0.1, 0.15) is 28.7 Å². The van der Waals surface area contributed by atoms with Gasteiger partial charge in [0.25, 0.3) is 5.69 Å². The van der Waals surface area contributed by atoms with Crippen LogP contribution in [0.25, 0.3) is 10.9 Å². The Bertz CT molecular complexity index is 1710. The van der Waals surface area contributed by atoms with Crippen LogP contribution in [0.15, 0.2) is 85.3 Å². The van der Waals surface area contributed by atoms with Crippen molar-refractivity contribution >= 4 is 22.4 Å². The molecule has 3 aromatic carbocycles. The zero-order valence-electron chi connectivity index (χ0n) is 18.9. The number of nitro benzene ring substituents is 1. The first-order chi connectivity index (χ1) is 17.9. The van der Waals surface area contributed by atoms with Gasteiger partial charge in [0.05, 0.1) is 21.9 Å². The van der Waals surface area contributed by atoms with Gasteiger partial charge in [-0.25, -0.2) is 9.37 Å². The Kier molecular flexibility index (Phi) is 5.11. The second-order valence-corrected chi connectivity index (χ2v) is 8.54. The molecule has 0 saturated carbocycles. The van der Waals surface area contributed by atoms with Crippen molar-refractivity contribution in [3.8, 4) is 11.6 Å². The highest BCUT2D eigenvalue weighted by Gasteiger charge is 2.38. The van der Waals surface area contributed by atoms with Crippen LogP contribution < -0.4 is 4.74 Å². The smallest absolute Gasteiger partial charge is 0.381 e. The number of ether oxygens (including phenoxy) is 1. The summed E-state index contributed by atoms with van der Waals surface area (Å²) in [6.45, 7) is 0. The van der Waals surface area contributed by atoms with Crippen LogP contribution in [-0.2, 0) is 0 Å². The number of hydrogen-bond donors (Lipinski definition) is 0. The van der Waals surface area contributed by atoms with Crippen molar-refractivity contribution < 1.29 is 19.0 Å². The van der Waals surface area contributed by atoms with Gasteiger partial charge in [-0.05, 0) is 33.7 Å². The fourth-order valence-corrected chi connectivity index (χ4v) is 4.86. The summed E-state index contributed by atoms with van der Waals surface area (Å²) in [6, 6.07) is 18.9. The number of nitrogens with zero attached hydrogens (tertiary/aromatic N) is 5. The lowest BCUT2D eigenvalue weighted by Crippen LogP contribution is -2.19. The van der Waals surface area contributed by atoms with Gasteiger partial charge in [-0.1, -0.05) is 42.5 Å². The molecule has 182 valence electrons. The number of benzene rings is 3. The molecule has 5 aromatic rings. The fourth-order valence-electron chi connectivity index (χ4n) is 4.86. The molecule has 2 unspecified atom stereocenters. The molecule has 0 spiro atoms. The molecule has 6 rings (SSSR count). The largest absolute Gasteiger partial charge is 0.438 e. The highest BCUT2D eigenvalue weighted by atomic mass is 19.1. The summed E-state index contributed by atoms with van der Waals surface area (Å²) in [4.78, 5) is 30.7. The minimum atomic E-state index is -0.678. The van der Waals surface area contributed by atoms with E-state index in [4.69, 9.17) is 4.74 Å². The van der Waals surface area contributed by atoms with Crippen molar-refractivity contribution in [3.05, 3.63) is 128 Å². The third kappa shape index (κ3) is 3.73. The molecule has 0 N–H and O–H groups in total. The number of fused-ring (bicyclic) bond motifs is 3. The number of halogens is 1. The predicted octanol–water partition coefficient (Wildman–Crippen LogP) is 5.91. The predicted molar refractivity (Wildman–Crippen MR) is 130 cm³/mol. The summed E-state index contributed by atoms with van der Waals surface area (Å²) in [5.74, 6) is -1.13. The molecule has 0 aliphatic carbocycles. The van der Waals surface area contributed by atoms with Crippen molar-refractivity contribution in [1.82, 2.24) is 14.5 Å². The summed E-state index contributed by atoms with van der Waals surface area (Å²) >= 11 is 0. The van der Waals surface area contributed by atoms with E-state index in [1.54, 1.807) is 22.8 Å². The number of rotatable bonds is 4. The highest BCUT2D eigenvalue weighted by molar-refractivity contribution is 5.89. The Labute approximate surface area is 207 Å². The third-order valence-electron chi connectivity index (χ3n) is 6.43. The van der Waals surface area contributed by atoms with Crippen molar-refractivity contribution in [2.24, 2.45) is 0 Å². The molecule has 37 heavy (non-hydrogen) atoms. The topological polar surface area (TPSA) is 126 Å². The molecular weight excluding hydrogens is 481 g/mol. The van der Waals surface area contributed by atoms with Crippen LogP contribution >= 0.6 is 0 Å². The van der Waals surface area contributed by atoms with E-state index < -0.39 is 27.6 Å². The first-order valence-corrected chi connectivity index (χ1v) is 11.2. The van der Waals surface area contributed by atoms with Gasteiger partial charge < -0.3 is 19.4 Å². The number of imidazole rings is 1. The van der Waals surface area contributed by atoms with Crippen molar-refractivity contribution in [2.45, 2.75) is 12.0 Å². The number of nitro groups is 2. The van der Waals surface area contributed by atoms with Gasteiger partial charge in [0, 0.05) is 29.2 Å². The van der Waals surface area contributed by atoms with Crippen LogP contribution in [-0.4, -0.2) is 24.4 Å². The van der Waals surface area contributed by atoms with E-state index in [-0.39, 0.29) is 23.1 Å². The highest BCUT2D eigenvalue weighted by Crippen LogP contribution is 2.50. The van der Waals surface area contributed by atoms with Gasteiger partial charge in [-0.3, -0.25) is 10.1 Å². The molecule has 10 nitrogen and oxygen atoms in total. The molecule has 0 saturated heterocycles.